The Kier molecular flexibility index (Phi) is 5.69. The fourth-order valence-electron chi connectivity index (χ4n) is 2.90. The van der Waals surface area contributed by atoms with Crippen molar-refractivity contribution in [1.82, 2.24) is 15.2 Å². The molecule has 0 radical (unpaired) electrons. The Labute approximate surface area is 136 Å². The molecule has 0 saturated carbocycles. The predicted molar refractivity (Wildman–Crippen MR) is 87.5 cm³/mol. The van der Waals surface area contributed by atoms with E-state index in [-0.39, 0.29) is 11.9 Å². The minimum atomic E-state index is -0.189. The van der Waals surface area contributed by atoms with Crippen LogP contribution >= 0.6 is 0 Å². The molecular formula is C18H22FN3O. The maximum absolute atomic E-state index is 13.6. The molecule has 1 saturated heterocycles. The van der Waals surface area contributed by atoms with Gasteiger partial charge in [-0.1, -0.05) is 18.2 Å². The van der Waals surface area contributed by atoms with Crippen LogP contribution in [0.4, 0.5) is 4.39 Å². The zero-order chi connectivity index (χ0) is 15.9. The number of pyridine rings is 1. The van der Waals surface area contributed by atoms with E-state index in [0.29, 0.717) is 6.54 Å². The quantitative estimate of drug-likeness (QED) is 0.888. The summed E-state index contributed by atoms with van der Waals surface area (Å²) in [5.41, 5.74) is 2.01. The zero-order valence-electron chi connectivity index (χ0n) is 13.1. The summed E-state index contributed by atoms with van der Waals surface area (Å²) in [6.45, 7) is 4.65. The van der Waals surface area contributed by atoms with Crippen LogP contribution in [-0.2, 0) is 11.3 Å². The third-order valence-corrected chi connectivity index (χ3v) is 4.09. The zero-order valence-corrected chi connectivity index (χ0v) is 13.1. The van der Waals surface area contributed by atoms with E-state index in [1.165, 1.54) is 6.07 Å². The molecule has 4 nitrogen and oxygen atoms in total. The van der Waals surface area contributed by atoms with Crippen LogP contribution in [0, 0.1) is 5.82 Å². The molecule has 1 N–H and O–H groups in total. The van der Waals surface area contributed by atoms with Crippen LogP contribution in [0.2, 0.25) is 0 Å². The summed E-state index contributed by atoms with van der Waals surface area (Å²) in [4.78, 5) is 6.67. The van der Waals surface area contributed by atoms with Crippen LogP contribution in [0.3, 0.4) is 0 Å². The fourth-order valence-corrected chi connectivity index (χ4v) is 2.90. The topological polar surface area (TPSA) is 37.4 Å². The summed E-state index contributed by atoms with van der Waals surface area (Å²) in [6.07, 6.45) is 1.79. The Hall–Kier alpha value is -1.82. The normalized spacial score (nSPS) is 17.1. The predicted octanol–water partition coefficient (Wildman–Crippen LogP) is 2.38. The van der Waals surface area contributed by atoms with Crippen molar-refractivity contribution in [2.24, 2.45) is 0 Å². The molecule has 23 heavy (non-hydrogen) atoms. The summed E-state index contributed by atoms with van der Waals surface area (Å²) < 4.78 is 19.0. The second-order valence-electron chi connectivity index (χ2n) is 5.67. The molecule has 1 aromatic heterocycles. The number of aromatic nitrogens is 1. The number of nitrogens with zero attached hydrogens (tertiary/aromatic N) is 2. The van der Waals surface area contributed by atoms with Crippen molar-refractivity contribution in [2.45, 2.75) is 12.6 Å². The van der Waals surface area contributed by atoms with E-state index in [1.807, 2.05) is 24.3 Å². The number of halogens is 1. The lowest BCUT2D eigenvalue weighted by Crippen LogP contribution is -2.42. The molecule has 1 unspecified atom stereocenters. The highest BCUT2D eigenvalue weighted by Gasteiger charge is 2.22. The molecule has 2 heterocycles. The summed E-state index contributed by atoms with van der Waals surface area (Å²) in [6, 6.07) is 12.9. The Morgan fingerprint density at radius 1 is 1.17 bits per heavy atom. The summed E-state index contributed by atoms with van der Waals surface area (Å²) in [5.74, 6) is -0.189. The second kappa shape index (κ2) is 8.15. The lowest BCUT2D eigenvalue weighted by molar-refractivity contribution is 0.0160. The van der Waals surface area contributed by atoms with Crippen molar-refractivity contribution >= 4 is 0 Å². The van der Waals surface area contributed by atoms with Gasteiger partial charge in [-0.05, 0) is 29.8 Å². The second-order valence-corrected chi connectivity index (χ2v) is 5.67. The van der Waals surface area contributed by atoms with Gasteiger partial charge in [-0.15, -0.1) is 0 Å². The molecule has 2 aromatic rings. The number of rotatable bonds is 6. The molecule has 122 valence electrons. The van der Waals surface area contributed by atoms with Crippen LogP contribution in [-0.4, -0.2) is 42.7 Å². The number of benzene rings is 1. The van der Waals surface area contributed by atoms with Crippen molar-refractivity contribution in [3.63, 3.8) is 0 Å². The van der Waals surface area contributed by atoms with Crippen molar-refractivity contribution in [3.05, 3.63) is 65.7 Å². The molecule has 1 aromatic carbocycles. The molecule has 1 aliphatic rings. The summed E-state index contributed by atoms with van der Waals surface area (Å²) in [5, 5.41) is 3.45. The van der Waals surface area contributed by atoms with Crippen molar-refractivity contribution in [3.8, 4) is 0 Å². The highest BCUT2D eigenvalue weighted by molar-refractivity contribution is 5.21. The molecule has 3 rings (SSSR count). The van der Waals surface area contributed by atoms with Crippen LogP contribution in [0.15, 0.2) is 48.7 Å². The van der Waals surface area contributed by atoms with E-state index < -0.39 is 0 Å². The SMILES string of the molecule is Fc1cccc(C(CNCc2ccccn2)N2CCOCC2)c1. The number of hydrogen-bond acceptors (Lipinski definition) is 4. The highest BCUT2D eigenvalue weighted by Crippen LogP contribution is 2.22. The van der Waals surface area contributed by atoms with Gasteiger partial charge in [-0.2, -0.15) is 0 Å². The number of hydrogen-bond donors (Lipinski definition) is 1. The number of morpholine rings is 1. The average molecular weight is 315 g/mol. The largest absolute Gasteiger partial charge is 0.379 e. The Balaban J connectivity index is 1.67. The molecule has 5 heteroatoms. The van der Waals surface area contributed by atoms with E-state index in [0.717, 1.165) is 44.1 Å². The first kappa shape index (κ1) is 16.1. The first-order chi connectivity index (χ1) is 11.3. The van der Waals surface area contributed by atoms with Crippen LogP contribution in [0.25, 0.3) is 0 Å². The molecule has 0 bridgehead atoms. The lowest BCUT2D eigenvalue weighted by atomic mass is 10.0. The average Bonchev–Trinajstić information content (AvgIpc) is 2.60. The third-order valence-electron chi connectivity index (χ3n) is 4.09. The smallest absolute Gasteiger partial charge is 0.123 e. The van der Waals surface area contributed by atoms with Gasteiger partial charge in [-0.3, -0.25) is 9.88 Å². The van der Waals surface area contributed by atoms with Gasteiger partial charge in [0.25, 0.3) is 0 Å². The van der Waals surface area contributed by atoms with Crippen LogP contribution < -0.4 is 5.32 Å². The van der Waals surface area contributed by atoms with Gasteiger partial charge in [0, 0.05) is 38.4 Å². The molecule has 0 amide bonds. The standard InChI is InChI=1S/C18H22FN3O/c19-16-5-3-4-15(12-16)18(22-8-10-23-11-9-22)14-20-13-17-6-1-2-7-21-17/h1-7,12,18,20H,8-11,13-14H2. The first-order valence-corrected chi connectivity index (χ1v) is 8.01. The van der Waals surface area contributed by atoms with Crippen LogP contribution in [0.5, 0.6) is 0 Å². The molecular weight excluding hydrogens is 293 g/mol. The Morgan fingerprint density at radius 2 is 2.04 bits per heavy atom. The van der Waals surface area contributed by atoms with Gasteiger partial charge in [0.15, 0.2) is 0 Å². The maximum Gasteiger partial charge on any atom is 0.123 e. The number of nitrogens with one attached hydrogen (secondary N) is 1. The highest BCUT2D eigenvalue weighted by atomic mass is 19.1. The van der Waals surface area contributed by atoms with Crippen molar-refractivity contribution in [2.75, 3.05) is 32.8 Å². The summed E-state index contributed by atoms with van der Waals surface area (Å²) >= 11 is 0. The maximum atomic E-state index is 13.6. The minimum absolute atomic E-state index is 0.137. The fraction of sp³-hybridized carbons (Fsp3) is 0.389. The summed E-state index contributed by atoms with van der Waals surface area (Å²) in [7, 11) is 0. The molecule has 0 spiro atoms. The third kappa shape index (κ3) is 4.58. The van der Waals surface area contributed by atoms with E-state index >= 15 is 0 Å². The Bertz CT molecular complexity index is 602. The monoisotopic (exact) mass is 315 g/mol. The molecule has 1 fully saturated rings. The van der Waals surface area contributed by atoms with Gasteiger partial charge in [-0.25, -0.2) is 4.39 Å². The van der Waals surface area contributed by atoms with E-state index in [1.54, 1.807) is 18.3 Å². The van der Waals surface area contributed by atoms with E-state index in [2.05, 4.69) is 15.2 Å². The van der Waals surface area contributed by atoms with Gasteiger partial charge in [0.2, 0.25) is 0 Å². The van der Waals surface area contributed by atoms with E-state index in [9.17, 15) is 4.39 Å². The minimum Gasteiger partial charge on any atom is -0.379 e. The van der Waals surface area contributed by atoms with Gasteiger partial charge < -0.3 is 10.1 Å². The first-order valence-electron chi connectivity index (χ1n) is 8.01. The van der Waals surface area contributed by atoms with Crippen molar-refractivity contribution in [1.29, 1.82) is 0 Å². The number of ether oxygens (including phenoxy) is 1. The van der Waals surface area contributed by atoms with Crippen LogP contribution in [0.1, 0.15) is 17.3 Å². The molecule has 1 atom stereocenters. The molecule has 0 aliphatic carbocycles. The molecule has 1 aliphatic heterocycles. The van der Waals surface area contributed by atoms with Gasteiger partial charge in [0.05, 0.1) is 18.9 Å². The van der Waals surface area contributed by atoms with Gasteiger partial charge >= 0.3 is 0 Å². The van der Waals surface area contributed by atoms with Gasteiger partial charge in [0.1, 0.15) is 5.82 Å². The van der Waals surface area contributed by atoms with E-state index in [4.69, 9.17) is 4.74 Å². The Morgan fingerprint density at radius 3 is 2.78 bits per heavy atom. The lowest BCUT2D eigenvalue weighted by Gasteiger charge is -2.35. The van der Waals surface area contributed by atoms with Crippen molar-refractivity contribution < 1.29 is 9.13 Å².